The molecular formula is C10H14NO2P. The number of hydrogen-bond acceptors (Lipinski definition) is 3. The Morgan fingerprint density at radius 3 is 2.43 bits per heavy atom. The predicted octanol–water partition coefficient (Wildman–Crippen LogP) is 3.07. The van der Waals surface area contributed by atoms with Crippen molar-refractivity contribution in [3.8, 4) is 11.5 Å². The molecule has 0 aliphatic carbocycles. The molecule has 2 rings (SSSR count). The summed E-state index contributed by atoms with van der Waals surface area (Å²) in [5.41, 5.74) is 0. The van der Waals surface area contributed by atoms with Gasteiger partial charge in [0.2, 0.25) is 0 Å². The van der Waals surface area contributed by atoms with E-state index >= 15 is 0 Å². The van der Waals surface area contributed by atoms with Crippen molar-refractivity contribution in [3.63, 3.8) is 0 Å². The van der Waals surface area contributed by atoms with Gasteiger partial charge in [-0.25, -0.2) is 5.09 Å². The van der Waals surface area contributed by atoms with E-state index in [-0.39, 0.29) is 0 Å². The molecule has 0 fully saturated rings. The highest BCUT2D eigenvalue weighted by molar-refractivity contribution is 7.46. The van der Waals surface area contributed by atoms with Gasteiger partial charge in [-0.05, 0) is 18.6 Å². The minimum Gasteiger partial charge on any atom is -0.423 e. The van der Waals surface area contributed by atoms with E-state index in [1.165, 1.54) is 6.42 Å². The normalized spacial score (nSPS) is 14.6. The first-order valence-electron chi connectivity index (χ1n) is 4.89. The second kappa shape index (κ2) is 4.63. The van der Waals surface area contributed by atoms with Crippen molar-refractivity contribution in [1.82, 2.24) is 5.09 Å². The van der Waals surface area contributed by atoms with Crippen molar-refractivity contribution >= 4 is 8.53 Å². The summed E-state index contributed by atoms with van der Waals surface area (Å²) in [7, 11) is -0.934. The molecule has 1 aromatic rings. The zero-order chi connectivity index (χ0) is 9.80. The zero-order valence-electron chi connectivity index (χ0n) is 8.19. The molecule has 3 nitrogen and oxygen atoms in total. The standard InChI is InChI=1S/C10H14NO2P/c1-2-3-8-11-14-12-9-6-4-5-7-10(9)13-14/h4-7,11H,2-3,8H2,1H3. The summed E-state index contributed by atoms with van der Waals surface area (Å²) in [5, 5.41) is 3.25. The molecule has 1 heterocycles. The number of hydrogen-bond donors (Lipinski definition) is 1. The van der Waals surface area contributed by atoms with E-state index in [0.29, 0.717) is 0 Å². The third kappa shape index (κ3) is 2.17. The van der Waals surface area contributed by atoms with Crippen molar-refractivity contribution in [3.05, 3.63) is 24.3 Å². The maximum Gasteiger partial charge on any atom is 0.381 e. The van der Waals surface area contributed by atoms with Crippen LogP contribution in [0.25, 0.3) is 0 Å². The maximum atomic E-state index is 5.58. The van der Waals surface area contributed by atoms with Crippen LogP contribution in [-0.4, -0.2) is 6.54 Å². The second-order valence-corrected chi connectivity index (χ2v) is 4.34. The minimum atomic E-state index is -0.934. The minimum absolute atomic E-state index is 0.850. The van der Waals surface area contributed by atoms with Gasteiger partial charge >= 0.3 is 8.53 Å². The molecular weight excluding hydrogens is 197 g/mol. The van der Waals surface area contributed by atoms with Crippen molar-refractivity contribution in [2.75, 3.05) is 6.54 Å². The third-order valence-electron chi connectivity index (χ3n) is 1.98. The Bertz CT molecular complexity index is 281. The molecule has 76 valence electrons. The fourth-order valence-corrected chi connectivity index (χ4v) is 2.38. The van der Waals surface area contributed by atoms with Crippen LogP contribution in [0.1, 0.15) is 19.8 Å². The van der Waals surface area contributed by atoms with Crippen LogP contribution in [0.3, 0.4) is 0 Å². The van der Waals surface area contributed by atoms with Gasteiger partial charge in [0.1, 0.15) is 0 Å². The van der Waals surface area contributed by atoms with Crippen molar-refractivity contribution in [2.24, 2.45) is 0 Å². The van der Waals surface area contributed by atoms with Crippen LogP contribution in [0.15, 0.2) is 24.3 Å². The molecule has 0 aromatic heterocycles. The fraction of sp³-hybridized carbons (Fsp3) is 0.400. The van der Waals surface area contributed by atoms with Crippen LogP contribution in [0.2, 0.25) is 0 Å². The third-order valence-corrected chi connectivity index (χ3v) is 3.19. The summed E-state index contributed by atoms with van der Waals surface area (Å²) in [6, 6.07) is 7.76. The molecule has 0 atom stereocenters. The Morgan fingerprint density at radius 2 is 1.86 bits per heavy atom. The van der Waals surface area contributed by atoms with Gasteiger partial charge in [0, 0.05) is 6.54 Å². The first kappa shape index (κ1) is 9.75. The Morgan fingerprint density at radius 1 is 1.21 bits per heavy atom. The number of fused-ring (bicyclic) bond motifs is 1. The maximum absolute atomic E-state index is 5.58. The monoisotopic (exact) mass is 211 g/mol. The SMILES string of the molecule is CCCCNP1Oc2ccccc2O1. The smallest absolute Gasteiger partial charge is 0.381 e. The van der Waals surface area contributed by atoms with Gasteiger partial charge < -0.3 is 9.05 Å². The van der Waals surface area contributed by atoms with E-state index < -0.39 is 8.53 Å². The molecule has 0 bridgehead atoms. The summed E-state index contributed by atoms with van der Waals surface area (Å²) in [6.07, 6.45) is 2.34. The van der Waals surface area contributed by atoms with E-state index in [2.05, 4.69) is 12.0 Å². The lowest BCUT2D eigenvalue weighted by atomic mass is 10.3. The Kier molecular flexibility index (Phi) is 3.22. The second-order valence-electron chi connectivity index (χ2n) is 3.15. The molecule has 0 saturated heterocycles. The quantitative estimate of drug-likeness (QED) is 0.613. The zero-order valence-corrected chi connectivity index (χ0v) is 9.09. The van der Waals surface area contributed by atoms with Gasteiger partial charge in [-0.15, -0.1) is 0 Å². The first-order valence-corrected chi connectivity index (χ1v) is 6.06. The molecule has 1 aromatic carbocycles. The molecule has 0 amide bonds. The summed E-state index contributed by atoms with van der Waals surface area (Å²) < 4.78 is 11.2. The topological polar surface area (TPSA) is 30.5 Å². The number of para-hydroxylation sites is 2. The Hall–Kier alpha value is -0.790. The van der Waals surface area contributed by atoms with Crippen LogP contribution in [0.5, 0.6) is 11.5 Å². The Balaban J connectivity index is 1.86. The van der Waals surface area contributed by atoms with Crippen molar-refractivity contribution in [2.45, 2.75) is 19.8 Å². The first-order chi connectivity index (χ1) is 6.90. The van der Waals surface area contributed by atoms with Gasteiger partial charge in [-0.2, -0.15) is 0 Å². The molecule has 0 spiro atoms. The number of nitrogens with one attached hydrogen (secondary N) is 1. The van der Waals surface area contributed by atoms with Gasteiger partial charge in [0.25, 0.3) is 0 Å². The molecule has 4 heteroatoms. The average molecular weight is 211 g/mol. The number of unbranched alkanes of at least 4 members (excludes halogenated alkanes) is 1. The largest absolute Gasteiger partial charge is 0.423 e. The molecule has 0 saturated carbocycles. The van der Waals surface area contributed by atoms with Gasteiger partial charge in [0.15, 0.2) is 11.5 Å². The lowest BCUT2D eigenvalue weighted by Crippen LogP contribution is -2.12. The van der Waals surface area contributed by atoms with Gasteiger partial charge in [-0.3, -0.25) is 0 Å². The van der Waals surface area contributed by atoms with Crippen LogP contribution < -0.4 is 14.1 Å². The predicted molar refractivity (Wildman–Crippen MR) is 57.5 cm³/mol. The number of benzene rings is 1. The highest BCUT2D eigenvalue weighted by Crippen LogP contribution is 2.49. The van der Waals surface area contributed by atoms with Gasteiger partial charge in [-0.1, -0.05) is 25.5 Å². The van der Waals surface area contributed by atoms with E-state index in [9.17, 15) is 0 Å². The fourth-order valence-electron chi connectivity index (χ4n) is 1.21. The molecule has 1 N–H and O–H groups in total. The van der Waals surface area contributed by atoms with E-state index in [0.717, 1.165) is 24.5 Å². The summed E-state index contributed by atoms with van der Waals surface area (Å²) in [6.45, 7) is 3.12. The molecule has 1 aliphatic heterocycles. The Labute approximate surface area is 85.4 Å². The summed E-state index contributed by atoms with van der Waals surface area (Å²) in [4.78, 5) is 0. The lowest BCUT2D eigenvalue weighted by Gasteiger charge is -2.08. The highest BCUT2D eigenvalue weighted by atomic mass is 31.2. The van der Waals surface area contributed by atoms with Crippen molar-refractivity contribution < 1.29 is 9.05 Å². The summed E-state index contributed by atoms with van der Waals surface area (Å²) >= 11 is 0. The number of rotatable bonds is 4. The molecule has 0 unspecified atom stereocenters. The molecule has 1 aliphatic rings. The van der Waals surface area contributed by atoms with E-state index in [4.69, 9.17) is 9.05 Å². The lowest BCUT2D eigenvalue weighted by molar-refractivity contribution is 0.547. The average Bonchev–Trinajstić information content (AvgIpc) is 2.60. The van der Waals surface area contributed by atoms with Crippen LogP contribution >= 0.6 is 8.53 Å². The molecule has 14 heavy (non-hydrogen) atoms. The van der Waals surface area contributed by atoms with Crippen LogP contribution in [0.4, 0.5) is 0 Å². The van der Waals surface area contributed by atoms with Crippen LogP contribution in [-0.2, 0) is 0 Å². The highest BCUT2D eigenvalue weighted by Gasteiger charge is 2.24. The van der Waals surface area contributed by atoms with E-state index in [1.807, 2.05) is 24.3 Å². The van der Waals surface area contributed by atoms with Gasteiger partial charge in [0.05, 0.1) is 0 Å². The summed E-state index contributed by atoms with van der Waals surface area (Å²) in [5.74, 6) is 1.70. The van der Waals surface area contributed by atoms with Crippen molar-refractivity contribution in [1.29, 1.82) is 0 Å². The van der Waals surface area contributed by atoms with E-state index in [1.54, 1.807) is 0 Å². The van der Waals surface area contributed by atoms with Crippen LogP contribution in [0, 0.1) is 0 Å². The molecule has 0 radical (unpaired) electrons.